The number of hydrogen-bond donors (Lipinski definition) is 1. The summed E-state index contributed by atoms with van der Waals surface area (Å²) in [5.41, 5.74) is 2.94. The second kappa shape index (κ2) is 10.8. The summed E-state index contributed by atoms with van der Waals surface area (Å²) in [5, 5.41) is 3.48. The lowest BCUT2D eigenvalue weighted by Gasteiger charge is -2.29. The molecule has 0 bridgehead atoms. The molecule has 7 heteroatoms. The van der Waals surface area contributed by atoms with Crippen LogP contribution >= 0.6 is 27.5 Å². The lowest BCUT2D eigenvalue weighted by atomic mass is 10.1. The molecular weight excluding hydrogens is 468 g/mol. The van der Waals surface area contributed by atoms with E-state index in [2.05, 4.69) is 21.2 Å². The quantitative estimate of drug-likeness (QED) is 0.558. The third-order valence-corrected chi connectivity index (χ3v) is 6.14. The highest BCUT2D eigenvalue weighted by Gasteiger charge is 2.27. The fraction of sp³-hybridized carbons (Fsp3) is 0.391. The van der Waals surface area contributed by atoms with Crippen LogP contribution in [0.3, 0.4) is 0 Å². The topological polar surface area (TPSA) is 58.6 Å². The van der Waals surface area contributed by atoms with Gasteiger partial charge in [0, 0.05) is 22.1 Å². The fourth-order valence-electron chi connectivity index (χ4n) is 2.99. The molecule has 1 unspecified atom stereocenters. The molecule has 30 heavy (non-hydrogen) atoms. The van der Waals surface area contributed by atoms with Crippen molar-refractivity contribution >= 4 is 39.3 Å². The second-order valence-corrected chi connectivity index (χ2v) is 8.88. The van der Waals surface area contributed by atoms with E-state index in [9.17, 15) is 9.59 Å². The first-order valence-corrected chi connectivity index (χ1v) is 11.0. The summed E-state index contributed by atoms with van der Waals surface area (Å²) in [5.74, 6) is 0.143. The van der Waals surface area contributed by atoms with E-state index in [1.807, 2.05) is 52.0 Å². The van der Waals surface area contributed by atoms with Crippen molar-refractivity contribution in [2.24, 2.45) is 0 Å². The van der Waals surface area contributed by atoms with Crippen molar-refractivity contribution in [3.8, 4) is 5.75 Å². The molecular formula is C23H28BrClN2O3. The van der Waals surface area contributed by atoms with Crippen LogP contribution in [-0.2, 0) is 16.1 Å². The third kappa shape index (κ3) is 6.74. The Balaban J connectivity index is 2.18. The molecule has 0 spiro atoms. The van der Waals surface area contributed by atoms with Gasteiger partial charge >= 0.3 is 0 Å². The van der Waals surface area contributed by atoms with Gasteiger partial charge in [0.25, 0.3) is 5.91 Å². The molecule has 2 rings (SSSR count). The largest absolute Gasteiger partial charge is 0.484 e. The third-order valence-electron chi connectivity index (χ3n) is 4.64. The van der Waals surface area contributed by atoms with Crippen LogP contribution in [0.2, 0.25) is 5.02 Å². The van der Waals surface area contributed by atoms with E-state index >= 15 is 0 Å². The molecule has 1 atom stereocenters. The van der Waals surface area contributed by atoms with Crippen molar-refractivity contribution in [2.75, 3.05) is 6.61 Å². The summed E-state index contributed by atoms with van der Waals surface area (Å²) < 4.78 is 6.79. The zero-order valence-corrected chi connectivity index (χ0v) is 20.3. The molecule has 2 aromatic carbocycles. The zero-order valence-electron chi connectivity index (χ0n) is 18.0. The molecule has 0 aromatic heterocycles. The summed E-state index contributed by atoms with van der Waals surface area (Å²) in [7, 11) is 0. The average molecular weight is 496 g/mol. The van der Waals surface area contributed by atoms with Crippen LogP contribution in [0.15, 0.2) is 40.9 Å². The van der Waals surface area contributed by atoms with Crippen LogP contribution in [-0.4, -0.2) is 35.4 Å². The van der Waals surface area contributed by atoms with Gasteiger partial charge in [-0.2, -0.15) is 0 Å². The Morgan fingerprint density at radius 1 is 1.10 bits per heavy atom. The maximum absolute atomic E-state index is 13.0. The molecule has 5 nitrogen and oxygen atoms in total. The minimum absolute atomic E-state index is 0.0163. The van der Waals surface area contributed by atoms with Crippen molar-refractivity contribution in [2.45, 2.75) is 53.2 Å². The minimum atomic E-state index is -0.646. The molecule has 162 valence electrons. The predicted molar refractivity (Wildman–Crippen MR) is 124 cm³/mol. The van der Waals surface area contributed by atoms with E-state index in [0.717, 1.165) is 21.2 Å². The van der Waals surface area contributed by atoms with Crippen LogP contribution in [0.25, 0.3) is 0 Å². The average Bonchev–Trinajstić information content (AvgIpc) is 2.68. The van der Waals surface area contributed by atoms with Crippen molar-refractivity contribution in [1.82, 2.24) is 10.2 Å². The highest BCUT2D eigenvalue weighted by Crippen LogP contribution is 2.26. The highest BCUT2D eigenvalue weighted by atomic mass is 79.9. The number of ether oxygens (including phenoxy) is 1. The van der Waals surface area contributed by atoms with E-state index in [4.69, 9.17) is 16.3 Å². The van der Waals surface area contributed by atoms with Crippen LogP contribution < -0.4 is 10.1 Å². The lowest BCUT2D eigenvalue weighted by Crippen LogP contribution is -2.50. The Labute approximate surface area is 191 Å². The van der Waals surface area contributed by atoms with Gasteiger partial charge in [0.15, 0.2) is 6.61 Å². The number of halogens is 2. The number of rotatable bonds is 8. The smallest absolute Gasteiger partial charge is 0.261 e. The SMILES string of the molecule is Cc1cc(OCC(=O)N(Cc2ccc(Cl)cc2)C(C)C(=O)NC(C)C)cc(C)c1Br. The van der Waals surface area contributed by atoms with Crippen molar-refractivity contribution in [3.05, 3.63) is 62.6 Å². The Morgan fingerprint density at radius 2 is 1.67 bits per heavy atom. The van der Waals surface area contributed by atoms with Crippen molar-refractivity contribution in [3.63, 3.8) is 0 Å². The molecule has 2 aromatic rings. The monoisotopic (exact) mass is 494 g/mol. The van der Waals surface area contributed by atoms with Crippen LogP contribution in [0, 0.1) is 13.8 Å². The van der Waals surface area contributed by atoms with Crippen LogP contribution in [0.1, 0.15) is 37.5 Å². The summed E-state index contributed by atoms with van der Waals surface area (Å²) in [6.07, 6.45) is 0. The van der Waals surface area contributed by atoms with Crippen LogP contribution in [0.5, 0.6) is 5.75 Å². The number of hydrogen-bond acceptors (Lipinski definition) is 3. The molecule has 0 saturated heterocycles. The molecule has 0 fully saturated rings. The number of benzene rings is 2. The molecule has 2 amide bonds. The minimum Gasteiger partial charge on any atom is -0.484 e. The Bertz CT molecular complexity index is 877. The van der Waals surface area contributed by atoms with E-state index in [0.29, 0.717) is 10.8 Å². The number of carbonyl (C=O) groups excluding carboxylic acids is 2. The van der Waals surface area contributed by atoms with E-state index in [1.165, 1.54) is 4.90 Å². The van der Waals surface area contributed by atoms with Gasteiger partial charge < -0.3 is 15.0 Å². The van der Waals surface area contributed by atoms with Gasteiger partial charge in [-0.05, 0) is 75.6 Å². The van der Waals surface area contributed by atoms with E-state index < -0.39 is 6.04 Å². The summed E-state index contributed by atoms with van der Waals surface area (Å²) in [4.78, 5) is 27.1. The summed E-state index contributed by atoms with van der Waals surface area (Å²) in [6.45, 7) is 9.56. The molecule has 1 N–H and O–H groups in total. The van der Waals surface area contributed by atoms with Crippen LogP contribution in [0.4, 0.5) is 0 Å². The van der Waals surface area contributed by atoms with Gasteiger partial charge in [0.2, 0.25) is 5.91 Å². The first kappa shape index (κ1) is 24.2. The second-order valence-electron chi connectivity index (χ2n) is 7.65. The predicted octanol–water partition coefficient (Wildman–Crippen LogP) is 5.04. The molecule has 0 aliphatic carbocycles. The number of nitrogens with zero attached hydrogens (tertiary/aromatic N) is 1. The normalized spacial score (nSPS) is 11.9. The molecule has 0 aliphatic rings. The van der Waals surface area contributed by atoms with Gasteiger partial charge in [-0.1, -0.05) is 39.7 Å². The summed E-state index contributed by atoms with van der Waals surface area (Å²) in [6, 6.07) is 10.3. The molecule has 0 radical (unpaired) electrons. The number of nitrogens with one attached hydrogen (secondary N) is 1. The Morgan fingerprint density at radius 3 is 2.20 bits per heavy atom. The van der Waals surface area contributed by atoms with Gasteiger partial charge in [0.1, 0.15) is 11.8 Å². The Hall–Kier alpha value is -2.05. The zero-order chi connectivity index (χ0) is 22.4. The van der Waals surface area contributed by atoms with Gasteiger partial charge in [0.05, 0.1) is 0 Å². The maximum atomic E-state index is 13.0. The van der Waals surface area contributed by atoms with Gasteiger partial charge in [-0.3, -0.25) is 9.59 Å². The molecule has 0 saturated carbocycles. The first-order valence-electron chi connectivity index (χ1n) is 9.82. The van der Waals surface area contributed by atoms with Crippen molar-refractivity contribution < 1.29 is 14.3 Å². The van der Waals surface area contributed by atoms with Gasteiger partial charge in [-0.15, -0.1) is 0 Å². The van der Waals surface area contributed by atoms with E-state index in [-0.39, 0.29) is 31.0 Å². The molecule has 0 heterocycles. The number of carbonyl (C=O) groups is 2. The van der Waals surface area contributed by atoms with Crippen molar-refractivity contribution in [1.29, 1.82) is 0 Å². The number of amides is 2. The maximum Gasteiger partial charge on any atom is 0.261 e. The summed E-state index contributed by atoms with van der Waals surface area (Å²) >= 11 is 9.50. The van der Waals surface area contributed by atoms with Gasteiger partial charge in [-0.25, -0.2) is 0 Å². The standard InChI is InChI=1S/C23H28BrClN2O3/c1-14(2)26-23(29)17(5)27(12-18-6-8-19(25)9-7-18)21(28)13-30-20-10-15(3)22(24)16(4)11-20/h6-11,14,17H,12-13H2,1-5H3,(H,26,29). The first-order chi connectivity index (χ1) is 14.1. The molecule has 0 aliphatic heterocycles. The Kier molecular flexibility index (Phi) is 8.74. The van der Waals surface area contributed by atoms with E-state index in [1.54, 1.807) is 19.1 Å². The fourth-order valence-corrected chi connectivity index (χ4v) is 3.35. The lowest BCUT2D eigenvalue weighted by molar-refractivity contribution is -0.142. The highest BCUT2D eigenvalue weighted by molar-refractivity contribution is 9.10. The number of aryl methyl sites for hydroxylation is 2.